The molecule has 0 radical (unpaired) electrons. The first kappa shape index (κ1) is 17.9. The number of fused-ring (bicyclic) bond motifs is 3. The Bertz CT molecular complexity index is 1120. The second-order valence-corrected chi connectivity index (χ2v) is 8.12. The average Bonchev–Trinajstić information content (AvgIpc) is 3.06. The Morgan fingerprint density at radius 2 is 1.96 bits per heavy atom. The number of hydrogen-bond acceptors (Lipinski definition) is 6. The fourth-order valence-electron chi connectivity index (χ4n) is 3.19. The molecule has 0 bridgehead atoms. The van der Waals surface area contributed by atoms with E-state index in [1.54, 1.807) is 37.4 Å². The maximum Gasteiger partial charge on any atom is 0.356 e. The van der Waals surface area contributed by atoms with E-state index in [-0.39, 0.29) is 17.2 Å². The summed E-state index contributed by atoms with van der Waals surface area (Å²) in [6.07, 6.45) is 1.55. The van der Waals surface area contributed by atoms with Crippen molar-refractivity contribution in [2.75, 3.05) is 32.9 Å². The van der Waals surface area contributed by atoms with Crippen molar-refractivity contribution < 1.29 is 22.7 Å². The molecule has 8 nitrogen and oxygen atoms in total. The van der Waals surface area contributed by atoms with Gasteiger partial charge < -0.3 is 14.5 Å². The van der Waals surface area contributed by atoms with E-state index in [4.69, 9.17) is 9.47 Å². The van der Waals surface area contributed by atoms with Crippen LogP contribution in [0.4, 0.5) is 0 Å². The standard InChI is InChI=1S/C18H19N3O5S/c1-2-26-18(22)16-10-14-13-9-12(3-4-15(13)20-17(14)11-19-16)27(23,24)21-5-7-25-8-6-21/h3-4,9-11,20H,2,5-8H2,1H3. The molecular weight excluding hydrogens is 370 g/mol. The number of rotatable bonds is 4. The lowest BCUT2D eigenvalue weighted by Gasteiger charge is -2.26. The van der Waals surface area contributed by atoms with Crippen molar-refractivity contribution >= 4 is 37.8 Å². The Labute approximate surface area is 156 Å². The average molecular weight is 389 g/mol. The molecule has 1 aliphatic rings. The number of aromatic nitrogens is 2. The maximum atomic E-state index is 12.9. The van der Waals surface area contributed by atoms with Crippen molar-refractivity contribution in [1.29, 1.82) is 0 Å². The van der Waals surface area contributed by atoms with Crippen LogP contribution < -0.4 is 0 Å². The molecule has 0 spiro atoms. The Balaban J connectivity index is 1.81. The predicted octanol–water partition coefficient (Wildman–Crippen LogP) is 1.91. The summed E-state index contributed by atoms with van der Waals surface area (Å²) < 4.78 is 37.5. The summed E-state index contributed by atoms with van der Waals surface area (Å²) in [6, 6.07) is 6.57. The third kappa shape index (κ3) is 3.18. The summed E-state index contributed by atoms with van der Waals surface area (Å²) in [4.78, 5) is 19.5. The topological polar surface area (TPSA) is 102 Å². The number of sulfonamides is 1. The van der Waals surface area contributed by atoms with Crippen molar-refractivity contribution in [2.45, 2.75) is 11.8 Å². The normalized spacial score (nSPS) is 16.0. The number of nitrogens with zero attached hydrogens (tertiary/aromatic N) is 2. The number of hydrogen-bond donors (Lipinski definition) is 1. The van der Waals surface area contributed by atoms with E-state index in [0.29, 0.717) is 31.7 Å². The molecule has 4 rings (SSSR count). The van der Waals surface area contributed by atoms with Gasteiger partial charge >= 0.3 is 5.97 Å². The van der Waals surface area contributed by atoms with Gasteiger partial charge in [0.1, 0.15) is 5.69 Å². The third-order valence-corrected chi connectivity index (χ3v) is 6.44. The number of carbonyl (C=O) groups excluding carboxylic acids is 1. The van der Waals surface area contributed by atoms with Gasteiger partial charge in [0.2, 0.25) is 10.0 Å². The minimum atomic E-state index is -3.60. The highest BCUT2D eigenvalue weighted by Gasteiger charge is 2.26. The zero-order chi connectivity index (χ0) is 19.0. The van der Waals surface area contributed by atoms with E-state index in [9.17, 15) is 13.2 Å². The fourth-order valence-corrected chi connectivity index (χ4v) is 4.63. The lowest BCUT2D eigenvalue weighted by Crippen LogP contribution is -2.40. The van der Waals surface area contributed by atoms with Gasteiger partial charge in [-0.25, -0.2) is 18.2 Å². The summed E-state index contributed by atoms with van der Waals surface area (Å²) in [5.74, 6) is -0.508. The molecular formula is C18H19N3O5S. The predicted molar refractivity (Wildman–Crippen MR) is 99.1 cm³/mol. The van der Waals surface area contributed by atoms with E-state index in [1.165, 1.54) is 4.31 Å². The number of H-pyrrole nitrogens is 1. The lowest BCUT2D eigenvalue weighted by molar-refractivity contribution is 0.0519. The first-order valence-electron chi connectivity index (χ1n) is 8.67. The van der Waals surface area contributed by atoms with Crippen molar-refractivity contribution in [3.63, 3.8) is 0 Å². The molecule has 0 saturated carbocycles. The quantitative estimate of drug-likeness (QED) is 0.684. The van der Waals surface area contributed by atoms with E-state index in [1.807, 2.05) is 0 Å². The van der Waals surface area contributed by atoms with Crippen LogP contribution in [-0.4, -0.2) is 61.6 Å². The smallest absolute Gasteiger partial charge is 0.356 e. The van der Waals surface area contributed by atoms with Crippen LogP contribution >= 0.6 is 0 Å². The molecule has 3 heterocycles. The number of pyridine rings is 1. The first-order chi connectivity index (χ1) is 13.0. The zero-order valence-corrected chi connectivity index (χ0v) is 15.6. The van der Waals surface area contributed by atoms with Crippen LogP contribution in [0.25, 0.3) is 21.8 Å². The first-order valence-corrected chi connectivity index (χ1v) is 10.1. The number of morpholine rings is 1. The number of esters is 1. The van der Waals surface area contributed by atoms with Gasteiger partial charge in [-0.2, -0.15) is 4.31 Å². The Morgan fingerprint density at radius 3 is 2.70 bits per heavy atom. The molecule has 0 unspecified atom stereocenters. The molecule has 27 heavy (non-hydrogen) atoms. The van der Waals surface area contributed by atoms with Crippen molar-refractivity contribution in [2.24, 2.45) is 0 Å². The monoisotopic (exact) mass is 389 g/mol. The highest BCUT2D eigenvalue weighted by molar-refractivity contribution is 7.89. The van der Waals surface area contributed by atoms with Crippen molar-refractivity contribution in [1.82, 2.24) is 14.3 Å². The second kappa shape index (κ2) is 6.91. The number of aromatic amines is 1. The van der Waals surface area contributed by atoms with Gasteiger partial charge in [0, 0.05) is 29.4 Å². The van der Waals surface area contributed by atoms with Crippen LogP contribution in [-0.2, 0) is 19.5 Å². The van der Waals surface area contributed by atoms with Crippen molar-refractivity contribution in [3.8, 4) is 0 Å². The Hall–Kier alpha value is -2.49. The molecule has 0 amide bonds. The summed E-state index contributed by atoms with van der Waals surface area (Å²) in [5.41, 5.74) is 1.68. The lowest BCUT2D eigenvalue weighted by atomic mass is 10.1. The molecule has 0 aliphatic carbocycles. The van der Waals surface area contributed by atoms with Crippen LogP contribution in [0.5, 0.6) is 0 Å². The third-order valence-electron chi connectivity index (χ3n) is 4.55. The summed E-state index contributed by atoms with van der Waals surface area (Å²) >= 11 is 0. The van der Waals surface area contributed by atoms with Crippen LogP contribution in [0.1, 0.15) is 17.4 Å². The molecule has 1 aliphatic heterocycles. The molecule has 9 heteroatoms. The van der Waals surface area contributed by atoms with E-state index in [2.05, 4.69) is 9.97 Å². The van der Waals surface area contributed by atoms with Crippen LogP contribution in [0.2, 0.25) is 0 Å². The van der Waals surface area contributed by atoms with Crippen LogP contribution in [0, 0.1) is 0 Å². The van der Waals surface area contributed by atoms with Gasteiger partial charge in [-0.1, -0.05) is 0 Å². The maximum absolute atomic E-state index is 12.9. The minimum Gasteiger partial charge on any atom is -0.461 e. The van der Waals surface area contributed by atoms with Gasteiger partial charge in [-0.05, 0) is 31.2 Å². The number of carbonyl (C=O) groups is 1. The zero-order valence-electron chi connectivity index (χ0n) is 14.8. The van der Waals surface area contributed by atoms with Gasteiger partial charge in [0.15, 0.2) is 0 Å². The fraction of sp³-hybridized carbons (Fsp3) is 0.333. The molecule has 142 valence electrons. The summed E-state index contributed by atoms with van der Waals surface area (Å²) in [7, 11) is -3.60. The second-order valence-electron chi connectivity index (χ2n) is 6.18. The van der Waals surface area contributed by atoms with E-state index in [0.717, 1.165) is 16.4 Å². The SMILES string of the molecule is CCOC(=O)c1cc2c(cn1)[nH]c1ccc(S(=O)(=O)N3CCOCC3)cc12. The Morgan fingerprint density at radius 1 is 1.22 bits per heavy atom. The minimum absolute atomic E-state index is 0.187. The molecule has 1 aromatic carbocycles. The molecule has 1 fully saturated rings. The molecule has 3 aromatic rings. The molecule has 0 atom stereocenters. The highest BCUT2D eigenvalue weighted by atomic mass is 32.2. The highest BCUT2D eigenvalue weighted by Crippen LogP contribution is 2.29. The van der Waals surface area contributed by atoms with Crippen LogP contribution in [0.15, 0.2) is 35.4 Å². The van der Waals surface area contributed by atoms with Crippen molar-refractivity contribution in [3.05, 3.63) is 36.2 Å². The molecule has 1 saturated heterocycles. The number of nitrogens with one attached hydrogen (secondary N) is 1. The molecule has 2 aromatic heterocycles. The number of ether oxygens (including phenoxy) is 2. The Kier molecular flexibility index (Phi) is 4.58. The summed E-state index contributed by atoms with van der Waals surface area (Å²) in [5, 5.41) is 1.44. The van der Waals surface area contributed by atoms with E-state index < -0.39 is 16.0 Å². The molecule has 1 N–H and O–H groups in total. The summed E-state index contributed by atoms with van der Waals surface area (Å²) in [6.45, 7) is 3.45. The van der Waals surface area contributed by atoms with E-state index >= 15 is 0 Å². The van der Waals surface area contributed by atoms with Gasteiger partial charge in [0.05, 0.1) is 36.4 Å². The van der Waals surface area contributed by atoms with Gasteiger partial charge in [0.25, 0.3) is 0 Å². The number of benzene rings is 1. The largest absolute Gasteiger partial charge is 0.461 e. The van der Waals surface area contributed by atoms with Gasteiger partial charge in [-0.3, -0.25) is 0 Å². The van der Waals surface area contributed by atoms with Crippen LogP contribution in [0.3, 0.4) is 0 Å². The van der Waals surface area contributed by atoms with Gasteiger partial charge in [-0.15, -0.1) is 0 Å².